The Morgan fingerprint density at radius 1 is 1.14 bits per heavy atom. The van der Waals surface area contributed by atoms with Crippen LogP contribution in [0.2, 0.25) is 5.02 Å². The van der Waals surface area contributed by atoms with E-state index in [0.29, 0.717) is 16.3 Å². The van der Waals surface area contributed by atoms with Crippen LogP contribution in [0.4, 0.5) is 4.79 Å². The van der Waals surface area contributed by atoms with Crippen molar-refractivity contribution < 1.29 is 19.1 Å². The molecule has 0 bridgehead atoms. The van der Waals surface area contributed by atoms with Gasteiger partial charge in [-0.25, -0.2) is 4.79 Å². The van der Waals surface area contributed by atoms with Gasteiger partial charge in [-0.2, -0.15) is 0 Å². The van der Waals surface area contributed by atoms with Gasteiger partial charge in [-0.3, -0.25) is 19.4 Å². The fourth-order valence-corrected chi connectivity index (χ4v) is 2.45. The maximum atomic E-state index is 12.3. The van der Waals surface area contributed by atoms with Crippen LogP contribution in [-0.2, 0) is 16.1 Å². The van der Waals surface area contributed by atoms with Crippen LogP contribution < -0.4 is 4.74 Å². The summed E-state index contributed by atoms with van der Waals surface area (Å²) >= 11 is 5.94. The van der Waals surface area contributed by atoms with Gasteiger partial charge in [0.05, 0.1) is 13.7 Å². The maximum Gasteiger partial charge on any atom is 0.334 e. The summed E-state index contributed by atoms with van der Waals surface area (Å²) in [5.41, 5.74) is 0.566. The molecule has 1 aromatic rings. The van der Waals surface area contributed by atoms with Gasteiger partial charge in [0.25, 0.3) is 0 Å². The smallest absolute Gasteiger partial charge is 0.334 e. The minimum Gasteiger partial charge on any atom is -0.496 e. The monoisotopic (exact) mass is 324 g/mol. The first-order chi connectivity index (χ1) is 10.3. The summed E-state index contributed by atoms with van der Waals surface area (Å²) < 4.78 is 5.19. The van der Waals surface area contributed by atoms with Gasteiger partial charge in [0, 0.05) is 17.1 Å². The van der Waals surface area contributed by atoms with Crippen molar-refractivity contribution in [3.05, 3.63) is 28.8 Å². The molecular formula is C15H17ClN2O4. The summed E-state index contributed by atoms with van der Waals surface area (Å²) in [7, 11) is 1.48. The van der Waals surface area contributed by atoms with Crippen molar-refractivity contribution in [1.29, 1.82) is 0 Å². The zero-order valence-corrected chi connectivity index (χ0v) is 13.4. The molecule has 0 aromatic heterocycles. The van der Waals surface area contributed by atoms with E-state index in [1.54, 1.807) is 18.2 Å². The second-order valence-corrected chi connectivity index (χ2v) is 5.88. The summed E-state index contributed by atoms with van der Waals surface area (Å²) in [6, 6.07) is 4.30. The standard InChI is InChI=1S/C15H17ClN2O4/c1-9(2)7-17-13(19)14(20)18(15(17)21)8-10-6-11(16)4-5-12(10)22-3/h4-6,9H,7-8H2,1-3H3. The van der Waals surface area contributed by atoms with Crippen molar-refractivity contribution in [2.75, 3.05) is 13.7 Å². The number of halogens is 1. The molecule has 0 N–H and O–H groups in total. The second-order valence-electron chi connectivity index (χ2n) is 5.44. The minimum absolute atomic E-state index is 0.0538. The first kappa shape index (κ1) is 16.3. The van der Waals surface area contributed by atoms with E-state index in [1.165, 1.54) is 7.11 Å². The van der Waals surface area contributed by atoms with Crippen molar-refractivity contribution in [3.8, 4) is 5.75 Å². The van der Waals surface area contributed by atoms with E-state index >= 15 is 0 Å². The van der Waals surface area contributed by atoms with Gasteiger partial charge in [0.2, 0.25) is 0 Å². The van der Waals surface area contributed by atoms with Crippen LogP contribution in [0, 0.1) is 5.92 Å². The fourth-order valence-electron chi connectivity index (χ4n) is 2.26. The molecule has 0 spiro atoms. The normalized spacial score (nSPS) is 15.2. The molecule has 6 nitrogen and oxygen atoms in total. The van der Waals surface area contributed by atoms with Crippen LogP contribution in [0.25, 0.3) is 0 Å². The van der Waals surface area contributed by atoms with E-state index in [1.807, 2.05) is 13.8 Å². The van der Waals surface area contributed by atoms with Gasteiger partial charge in [-0.1, -0.05) is 25.4 Å². The van der Waals surface area contributed by atoms with E-state index < -0.39 is 17.8 Å². The summed E-state index contributed by atoms with van der Waals surface area (Å²) in [5, 5.41) is 0.459. The third kappa shape index (κ3) is 3.06. The number of amides is 4. The Morgan fingerprint density at radius 3 is 2.36 bits per heavy atom. The Kier molecular flexibility index (Phi) is 4.71. The van der Waals surface area contributed by atoms with Crippen molar-refractivity contribution in [2.24, 2.45) is 5.92 Å². The van der Waals surface area contributed by atoms with Crippen LogP contribution in [0.5, 0.6) is 5.75 Å². The Labute approximate surface area is 133 Å². The highest BCUT2D eigenvalue weighted by atomic mass is 35.5. The third-order valence-corrected chi connectivity index (χ3v) is 3.49. The lowest BCUT2D eigenvalue weighted by atomic mass is 10.2. The second kappa shape index (κ2) is 6.36. The van der Waals surface area contributed by atoms with Gasteiger partial charge in [0.15, 0.2) is 0 Å². The van der Waals surface area contributed by atoms with Gasteiger partial charge in [0.1, 0.15) is 5.75 Å². The molecule has 1 aliphatic rings. The Balaban J connectivity index is 2.26. The number of carbonyl (C=O) groups excluding carboxylic acids is 3. The number of hydrogen-bond donors (Lipinski definition) is 0. The Bertz CT molecular complexity index is 630. The molecule has 2 rings (SSSR count). The first-order valence-electron chi connectivity index (χ1n) is 6.85. The third-order valence-electron chi connectivity index (χ3n) is 3.25. The highest BCUT2D eigenvalue weighted by Crippen LogP contribution is 2.26. The molecule has 0 radical (unpaired) electrons. The summed E-state index contributed by atoms with van der Waals surface area (Å²) in [4.78, 5) is 38.1. The van der Waals surface area contributed by atoms with Crippen LogP contribution in [0.3, 0.4) is 0 Å². The molecular weight excluding hydrogens is 308 g/mol. The summed E-state index contributed by atoms with van der Waals surface area (Å²) in [5.74, 6) is -1.03. The molecule has 0 atom stereocenters. The average Bonchev–Trinajstić information content (AvgIpc) is 2.65. The lowest BCUT2D eigenvalue weighted by Gasteiger charge is -2.18. The summed E-state index contributed by atoms with van der Waals surface area (Å²) in [6.45, 7) is 3.90. The number of nitrogens with zero attached hydrogens (tertiary/aromatic N) is 2. The lowest BCUT2D eigenvalue weighted by Crippen LogP contribution is -2.35. The quantitative estimate of drug-likeness (QED) is 0.615. The molecule has 0 unspecified atom stereocenters. The predicted molar refractivity (Wildman–Crippen MR) is 80.5 cm³/mol. The molecule has 0 aliphatic carbocycles. The van der Waals surface area contributed by atoms with Crippen LogP contribution >= 0.6 is 11.6 Å². The molecule has 118 valence electrons. The predicted octanol–water partition coefficient (Wildman–Crippen LogP) is 2.30. The van der Waals surface area contributed by atoms with Gasteiger partial charge >= 0.3 is 17.8 Å². The number of rotatable bonds is 5. The van der Waals surface area contributed by atoms with E-state index in [-0.39, 0.29) is 19.0 Å². The molecule has 4 amide bonds. The highest BCUT2D eigenvalue weighted by molar-refractivity contribution is 6.44. The van der Waals surface area contributed by atoms with Crippen molar-refractivity contribution in [3.63, 3.8) is 0 Å². The maximum absolute atomic E-state index is 12.3. The van der Waals surface area contributed by atoms with Crippen molar-refractivity contribution in [2.45, 2.75) is 20.4 Å². The molecule has 7 heteroatoms. The topological polar surface area (TPSA) is 66.9 Å². The zero-order chi connectivity index (χ0) is 16.4. The number of imide groups is 2. The van der Waals surface area contributed by atoms with Crippen LogP contribution in [0.1, 0.15) is 19.4 Å². The highest BCUT2D eigenvalue weighted by Gasteiger charge is 2.44. The van der Waals surface area contributed by atoms with Gasteiger partial charge in [-0.15, -0.1) is 0 Å². The molecule has 22 heavy (non-hydrogen) atoms. The molecule has 1 aliphatic heterocycles. The SMILES string of the molecule is COc1ccc(Cl)cc1CN1C(=O)C(=O)N(CC(C)C)C1=O. The molecule has 1 saturated heterocycles. The van der Waals surface area contributed by atoms with Crippen molar-refractivity contribution >= 4 is 29.4 Å². The average molecular weight is 325 g/mol. The number of methoxy groups -OCH3 is 1. The number of carbonyl (C=O) groups is 3. The number of urea groups is 1. The first-order valence-corrected chi connectivity index (χ1v) is 7.22. The largest absolute Gasteiger partial charge is 0.496 e. The van der Waals surface area contributed by atoms with E-state index in [2.05, 4.69) is 0 Å². The van der Waals surface area contributed by atoms with Gasteiger partial charge in [-0.05, 0) is 24.1 Å². The number of benzene rings is 1. The van der Waals surface area contributed by atoms with E-state index in [9.17, 15) is 14.4 Å². The molecule has 1 aromatic carbocycles. The Morgan fingerprint density at radius 2 is 1.77 bits per heavy atom. The van der Waals surface area contributed by atoms with Crippen LogP contribution in [0.15, 0.2) is 18.2 Å². The minimum atomic E-state index is -0.826. The van der Waals surface area contributed by atoms with Crippen molar-refractivity contribution in [1.82, 2.24) is 9.80 Å². The molecule has 0 saturated carbocycles. The molecule has 1 fully saturated rings. The molecule has 1 heterocycles. The van der Waals surface area contributed by atoms with Crippen LogP contribution in [-0.4, -0.2) is 41.3 Å². The fraction of sp³-hybridized carbons (Fsp3) is 0.400. The van der Waals surface area contributed by atoms with Gasteiger partial charge < -0.3 is 4.74 Å². The summed E-state index contributed by atoms with van der Waals surface area (Å²) in [6.07, 6.45) is 0. The van der Waals surface area contributed by atoms with E-state index in [0.717, 1.165) is 9.80 Å². The van der Waals surface area contributed by atoms with E-state index in [4.69, 9.17) is 16.3 Å². The lowest BCUT2D eigenvalue weighted by molar-refractivity contribution is -0.143. The Hall–Kier alpha value is -2.08. The number of ether oxygens (including phenoxy) is 1. The zero-order valence-electron chi connectivity index (χ0n) is 12.6. The number of hydrogen-bond acceptors (Lipinski definition) is 4.